The van der Waals surface area contributed by atoms with Crippen LogP contribution in [0.2, 0.25) is 0 Å². The highest BCUT2D eigenvalue weighted by atomic mass is 32.2. The van der Waals surface area contributed by atoms with Crippen LogP contribution in [-0.2, 0) is 30.4 Å². The Morgan fingerprint density at radius 1 is 1.34 bits per heavy atom. The first kappa shape index (κ1) is 19.5. The van der Waals surface area contributed by atoms with Crippen LogP contribution in [0.4, 0.5) is 0 Å². The van der Waals surface area contributed by atoms with Crippen LogP contribution in [0.25, 0.3) is 0 Å². The molecule has 2 amide bonds. The van der Waals surface area contributed by atoms with E-state index < -0.39 is 12.0 Å². The maximum atomic E-state index is 12.8. The molecule has 4 rings (SSSR count). The van der Waals surface area contributed by atoms with E-state index in [4.69, 9.17) is 9.57 Å². The molecule has 1 aromatic rings. The average molecular weight is 415 g/mol. The number of β-lactam (4-membered cyclic amide) rings is 1. The molecule has 9 heteroatoms. The van der Waals surface area contributed by atoms with E-state index in [2.05, 4.69) is 10.5 Å². The van der Waals surface area contributed by atoms with Gasteiger partial charge in [0.15, 0.2) is 6.10 Å². The Kier molecular flexibility index (Phi) is 5.31. The van der Waals surface area contributed by atoms with Crippen LogP contribution in [-0.4, -0.2) is 58.8 Å². The van der Waals surface area contributed by atoms with Crippen molar-refractivity contribution in [3.05, 3.63) is 47.2 Å². The molecule has 3 heterocycles. The van der Waals surface area contributed by atoms with Gasteiger partial charge < -0.3 is 14.9 Å². The Labute approximate surface area is 172 Å². The number of hydrogen-bond acceptors (Lipinski definition) is 7. The van der Waals surface area contributed by atoms with Gasteiger partial charge in [0.25, 0.3) is 5.91 Å². The molecule has 3 atom stereocenters. The van der Waals surface area contributed by atoms with Crippen LogP contribution >= 0.6 is 11.8 Å². The first-order valence-electron chi connectivity index (χ1n) is 9.28. The van der Waals surface area contributed by atoms with Crippen molar-refractivity contribution in [3.63, 3.8) is 0 Å². The van der Waals surface area contributed by atoms with Gasteiger partial charge in [-0.3, -0.25) is 14.5 Å². The number of ether oxygens (including phenoxy) is 1. The summed E-state index contributed by atoms with van der Waals surface area (Å²) in [6.45, 7) is 1.85. The molecule has 29 heavy (non-hydrogen) atoms. The topological polar surface area (TPSA) is 97.3 Å². The van der Waals surface area contributed by atoms with E-state index in [9.17, 15) is 14.4 Å². The van der Waals surface area contributed by atoms with E-state index in [0.717, 1.165) is 11.3 Å². The summed E-state index contributed by atoms with van der Waals surface area (Å²) < 4.78 is 4.92. The van der Waals surface area contributed by atoms with Crippen molar-refractivity contribution in [3.8, 4) is 0 Å². The highest BCUT2D eigenvalue weighted by Gasteiger charge is 2.55. The number of methoxy groups -OCH3 is 1. The lowest BCUT2D eigenvalue weighted by Crippen LogP contribution is -2.71. The SMILES string of the molecule is COC(=O)C1=C([C@H]2CC(C)=NO2)CS[C@@H]2[C@H](NC(=O)Cc3ccccc3)C(=O)N12. The number of oxime groups is 1. The van der Waals surface area contributed by atoms with E-state index in [1.165, 1.54) is 23.8 Å². The molecule has 1 aromatic carbocycles. The largest absolute Gasteiger partial charge is 0.464 e. The van der Waals surface area contributed by atoms with E-state index in [0.29, 0.717) is 17.7 Å². The Morgan fingerprint density at radius 3 is 2.76 bits per heavy atom. The minimum absolute atomic E-state index is 0.194. The van der Waals surface area contributed by atoms with Gasteiger partial charge in [0.05, 0.1) is 19.2 Å². The maximum Gasteiger partial charge on any atom is 0.354 e. The molecular formula is C20H21N3O5S. The first-order chi connectivity index (χ1) is 14.0. The maximum absolute atomic E-state index is 12.8. The molecular weight excluding hydrogens is 394 g/mol. The van der Waals surface area contributed by atoms with Crippen molar-refractivity contribution in [2.24, 2.45) is 5.16 Å². The van der Waals surface area contributed by atoms with Crippen LogP contribution in [0.5, 0.6) is 0 Å². The zero-order chi connectivity index (χ0) is 20.5. The number of rotatable bonds is 5. The summed E-state index contributed by atoms with van der Waals surface area (Å²) in [5, 5.41) is 6.41. The zero-order valence-electron chi connectivity index (χ0n) is 16.1. The fourth-order valence-corrected chi connectivity index (χ4v) is 5.07. The van der Waals surface area contributed by atoms with Crippen LogP contribution in [0, 0.1) is 0 Å². The van der Waals surface area contributed by atoms with Gasteiger partial charge in [-0.15, -0.1) is 11.8 Å². The highest BCUT2D eigenvalue weighted by molar-refractivity contribution is 8.00. The number of nitrogens with zero attached hydrogens (tertiary/aromatic N) is 2. The van der Waals surface area contributed by atoms with Crippen molar-refractivity contribution in [2.75, 3.05) is 12.9 Å². The quantitative estimate of drug-likeness (QED) is 0.574. The number of thioether (sulfide) groups is 1. The lowest BCUT2D eigenvalue weighted by atomic mass is 9.98. The van der Waals surface area contributed by atoms with Gasteiger partial charge in [-0.25, -0.2) is 4.79 Å². The molecule has 0 saturated carbocycles. The summed E-state index contributed by atoms with van der Waals surface area (Å²) in [4.78, 5) is 44.5. The molecule has 1 saturated heterocycles. The third-order valence-corrected chi connectivity index (χ3v) is 6.41. The summed E-state index contributed by atoms with van der Waals surface area (Å²) in [5.41, 5.74) is 2.61. The number of fused-ring (bicyclic) bond motifs is 1. The number of nitrogens with one attached hydrogen (secondary N) is 1. The number of amides is 2. The third-order valence-electron chi connectivity index (χ3n) is 5.11. The predicted molar refractivity (Wildman–Crippen MR) is 107 cm³/mol. The van der Waals surface area contributed by atoms with Crippen molar-refractivity contribution >= 4 is 35.3 Å². The van der Waals surface area contributed by atoms with Gasteiger partial charge >= 0.3 is 5.97 Å². The van der Waals surface area contributed by atoms with Gasteiger partial charge in [0.1, 0.15) is 17.1 Å². The van der Waals surface area contributed by atoms with Crippen molar-refractivity contribution < 1.29 is 24.0 Å². The van der Waals surface area contributed by atoms with Crippen molar-refractivity contribution in [1.29, 1.82) is 0 Å². The Bertz CT molecular complexity index is 914. The van der Waals surface area contributed by atoms with Gasteiger partial charge in [-0.05, 0) is 12.5 Å². The first-order valence-corrected chi connectivity index (χ1v) is 10.3. The zero-order valence-corrected chi connectivity index (χ0v) is 16.9. The Hall–Kier alpha value is -2.81. The fraction of sp³-hybridized carbons (Fsp3) is 0.400. The van der Waals surface area contributed by atoms with Crippen LogP contribution in [0.15, 0.2) is 46.8 Å². The van der Waals surface area contributed by atoms with Gasteiger partial charge in [-0.2, -0.15) is 0 Å². The van der Waals surface area contributed by atoms with Gasteiger partial charge in [0.2, 0.25) is 5.91 Å². The molecule has 0 radical (unpaired) electrons. The van der Waals surface area contributed by atoms with Crippen LogP contribution in [0.3, 0.4) is 0 Å². The molecule has 0 spiro atoms. The molecule has 0 aliphatic carbocycles. The Morgan fingerprint density at radius 2 is 2.10 bits per heavy atom. The summed E-state index contributed by atoms with van der Waals surface area (Å²) in [6, 6.07) is 8.66. The molecule has 3 aliphatic heterocycles. The molecule has 152 valence electrons. The number of carbonyl (C=O) groups is 3. The van der Waals surface area contributed by atoms with Crippen LogP contribution in [0.1, 0.15) is 18.9 Å². The number of benzene rings is 1. The fourth-order valence-electron chi connectivity index (χ4n) is 3.66. The van der Waals surface area contributed by atoms with E-state index >= 15 is 0 Å². The molecule has 1 fully saturated rings. The normalized spacial score (nSPS) is 25.6. The molecule has 0 unspecified atom stereocenters. The average Bonchev–Trinajstić information content (AvgIpc) is 3.17. The highest BCUT2D eigenvalue weighted by Crippen LogP contribution is 2.42. The van der Waals surface area contributed by atoms with Crippen molar-refractivity contribution in [2.45, 2.75) is 37.3 Å². The summed E-state index contributed by atoms with van der Waals surface area (Å²) in [6.07, 6.45) is 0.386. The third kappa shape index (κ3) is 3.62. The van der Waals surface area contributed by atoms with Gasteiger partial charge in [0, 0.05) is 17.7 Å². The summed E-state index contributed by atoms with van der Waals surface area (Å²) >= 11 is 1.49. The second-order valence-corrected chi connectivity index (χ2v) is 8.21. The summed E-state index contributed by atoms with van der Waals surface area (Å²) in [5.74, 6) is -0.637. The lowest BCUT2D eigenvalue weighted by Gasteiger charge is -2.50. The lowest BCUT2D eigenvalue weighted by molar-refractivity contribution is -0.152. The number of esters is 1. The predicted octanol–water partition coefficient (Wildman–Crippen LogP) is 1.22. The minimum Gasteiger partial charge on any atom is -0.464 e. The second-order valence-electron chi connectivity index (χ2n) is 7.11. The van der Waals surface area contributed by atoms with Gasteiger partial charge in [-0.1, -0.05) is 35.5 Å². The second kappa shape index (κ2) is 7.90. The Balaban J connectivity index is 1.49. The molecule has 0 bridgehead atoms. The van der Waals surface area contributed by atoms with Crippen LogP contribution < -0.4 is 5.32 Å². The smallest absolute Gasteiger partial charge is 0.354 e. The van der Waals surface area contributed by atoms with E-state index in [-0.39, 0.29) is 35.4 Å². The molecule has 3 aliphatic rings. The van der Waals surface area contributed by atoms with E-state index in [1.807, 2.05) is 37.3 Å². The standard InChI is InChI=1S/C20H21N3O5S/c1-11-8-14(28-22-11)13-10-29-19-16(18(25)23(19)17(13)20(26)27-2)21-15(24)9-12-6-4-3-5-7-12/h3-7,14,16,19H,8-10H2,1-2H3,(H,21,24)/t14-,16-,19-/m1/s1. The minimum atomic E-state index is -0.667. The number of hydrogen-bond donors (Lipinski definition) is 1. The molecule has 0 aromatic heterocycles. The molecule has 1 N–H and O–H groups in total. The monoisotopic (exact) mass is 415 g/mol. The number of carbonyl (C=O) groups excluding carboxylic acids is 3. The summed E-state index contributed by atoms with van der Waals surface area (Å²) in [7, 11) is 1.28. The van der Waals surface area contributed by atoms with Crippen molar-refractivity contribution in [1.82, 2.24) is 10.2 Å². The molecule has 8 nitrogen and oxygen atoms in total. The van der Waals surface area contributed by atoms with E-state index in [1.54, 1.807) is 0 Å².